The molecule has 1 aliphatic carbocycles. The molecule has 0 saturated carbocycles. The molecule has 1 nitrogen and oxygen atoms in total. The molecule has 1 aliphatic rings. The normalized spacial score (nSPS) is 18.8. The van der Waals surface area contributed by atoms with Gasteiger partial charge in [-0.05, 0) is 55.7 Å². The van der Waals surface area contributed by atoms with E-state index in [0.717, 1.165) is 25.7 Å². The van der Waals surface area contributed by atoms with Crippen LogP contribution < -0.4 is 0 Å². The third-order valence-corrected chi connectivity index (χ3v) is 3.87. The fourth-order valence-electron chi connectivity index (χ4n) is 2.60. The summed E-state index contributed by atoms with van der Waals surface area (Å²) in [5.74, 6) is 0. The Morgan fingerprint density at radius 3 is 2.32 bits per heavy atom. The zero-order valence-electron chi connectivity index (χ0n) is 11.1. The van der Waals surface area contributed by atoms with Gasteiger partial charge in [0, 0.05) is 6.42 Å². The fraction of sp³-hybridized carbons (Fsp3) is 0.600. The lowest BCUT2D eigenvalue weighted by Crippen LogP contribution is -2.24. The van der Waals surface area contributed by atoms with E-state index in [1.165, 1.54) is 18.1 Å². The van der Waals surface area contributed by atoms with Gasteiger partial charge in [0.1, 0.15) is 0 Å². The molecular weight excluding hydrogens is 253 g/mol. The van der Waals surface area contributed by atoms with Gasteiger partial charge in [0.25, 0.3) is 0 Å². The summed E-state index contributed by atoms with van der Waals surface area (Å²) >= 11 is 0. The van der Waals surface area contributed by atoms with Crippen LogP contribution in [0.2, 0.25) is 0 Å². The van der Waals surface area contributed by atoms with E-state index < -0.39 is 18.2 Å². The molecule has 0 spiro atoms. The summed E-state index contributed by atoms with van der Waals surface area (Å²) in [6.45, 7) is 1.46. The second-order valence-electron chi connectivity index (χ2n) is 5.58. The second kappa shape index (κ2) is 5.16. The van der Waals surface area contributed by atoms with Crippen molar-refractivity contribution in [3.05, 3.63) is 34.9 Å². The minimum Gasteiger partial charge on any atom is -0.385 e. The molecule has 0 heterocycles. The topological polar surface area (TPSA) is 20.2 Å². The van der Waals surface area contributed by atoms with Gasteiger partial charge in [-0.15, -0.1) is 0 Å². The Morgan fingerprint density at radius 1 is 1.05 bits per heavy atom. The average molecular weight is 272 g/mol. The van der Waals surface area contributed by atoms with Gasteiger partial charge >= 0.3 is 6.18 Å². The van der Waals surface area contributed by atoms with Crippen molar-refractivity contribution in [1.29, 1.82) is 0 Å². The molecule has 1 unspecified atom stereocenters. The highest BCUT2D eigenvalue weighted by Gasteiger charge is 2.33. The van der Waals surface area contributed by atoms with Crippen LogP contribution in [0.15, 0.2) is 18.2 Å². The van der Waals surface area contributed by atoms with Crippen LogP contribution in [0.5, 0.6) is 0 Å². The monoisotopic (exact) mass is 272 g/mol. The summed E-state index contributed by atoms with van der Waals surface area (Å²) in [6, 6.07) is 5.59. The third kappa shape index (κ3) is 3.72. The quantitative estimate of drug-likeness (QED) is 0.877. The maximum atomic E-state index is 12.3. The van der Waals surface area contributed by atoms with Crippen LogP contribution in [-0.2, 0) is 18.4 Å². The summed E-state index contributed by atoms with van der Waals surface area (Å²) in [7, 11) is 0. The predicted octanol–water partition coefficient (Wildman–Crippen LogP) is 4.12. The summed E-state index contributed by atoms with van der Waals surface area (Å²) in [5.41, 5.74) is 1.62. The van der Waals surface area contributed by atoms with E-state index in [2.05, 4.69) is 0 Å². The summed E-state index contributed by atoms with van der Waals surface area (Å²) in [4.78, 5) is 0. The SMILES string of the molecule is CC(O)(CCC(F)(F)F)c1ccc2c(c1)CCCC2. The van der Waals surface area contributed by atoms with Crippen molar-refractivity contribution in [2.45, 2.75) is 57.2 Å². The summed E-state index contributed by atoms with van der Waals surface area (Å²) in [5, 5.41) is 10.3. The molecule has 0 amide bonds. The third-order valence-electron chi connectivity index (χ3n) is 3.87. The van der Waals surface area contributed by atoms with Crippen LogP contribution in [0.1, 0.15) is 49.3 Å². The number of hydrogen-bond acceptors (Lipinski definition) is 1. The number of alkyl halides is 3. The van der Waals surface area contributed by atoms with Crippen molar-refractivity contribution in [3.63, 3.8) is 0 Å². The van der Waals surface area contributed by atoms with Crippen LogP contribution >= 0.6 is 0 Å². The van der Waals surface area contributed by atoms with Crippen molar-refractivity contribution < 1.29 is 18.3 Å². The maximum absolute atomic E-state index is 12.3. The number of fused-ring (bicyclic) bond motifs is 1. The van der Waals surface area contributed by atoms with Crippen molar-refractivity contribution in [3.8, 4) is 0 Å². The lowest BCUT2D eigenvalue weighted by molar-refractivity contribution is -0.146. The number of hydrogen-bond donors (Lipinski definition) is 1. The highest BCUT2D eigenvalue weighted by Crippen LogP contribution is 2.33. The van der Waals surface area contributed by atoms with Crippen LogP contribution in [0.4, 0.5) is 13.2 Å². The Morgan fingerprint density at radius 2 is 1.68 bits per heavy atom. The Labute approximate surface area is 111 Å². The Kier molecular flexibility index (Phi) is 3.90. The number of rotatable bonds is 3. The van der Waals surface area contributed by atoms with Gasteiger partial charge in [0.2, 0.25) is 0 Å². The predicted molar refractivity (Wildman–Crippen MR) is 67.9 cm³/mol. The molecule has 106 valence electrons. The van der Waals surface area contributed by atoms with Gasteiger partial charge in [-0.25, -0.2) is 0 Å². The molecule has 0 radical (unpaired) electrons. The van der Waals surface area contributed by atoms with Crippen LogP contribution in [-0.4, -0.2) is 11.3 Å². The molecule has 0 aromatic heterocycles. The molecule has 1 N–H and O–H groups in total. The summed E-state index contributed by atoms with van der Waals surface area (Å²) in [6.07, 6.45) is -1.22. The van der Waals surface area contributed by atoms with Gasteiger partial charge in [-0.2, -0.15) is 13.2 Å². The zero-order chi connectivity index (χ0) is 14.1. The Balaban J connectivity index is 2.15. The Bertz CT molecular complexity index is 449. The molecule has 2 rings (SSSR count). The first kappa shape index (κ1) is 14.4. The van der Waals surface area contributed by atoms with E-state index in [1.54, 1.807) is 6.07 Å². The van der Waals surface area contributed by atoms with Gasteiger partial charge < -0.3 is 5.11 Å². The van der Waals surface area contributed by atoms with E-state index in [9.17, 15) is 18.3 Å². The lowest BCUT2D eigenvalue weighted by atomic mass is 9.85. The van der Waals surface area contributed by atoms with Gasteiger partial charge in [0.15, 0.2) is 0 Å². The van der Waals surface area contributed by atoms with Crippen LogP contribution in [0.25, 0.3) is 0 Å². The molecule has 1 aromatic carbocycles. The molecule has 1 aromatic rings. The lowest BCUT2D eigenvalue weighted by Gasteiger charge is -2.26. The van der Waals surface area contributed by atoms with Gasteiger partial charge in [0.05, 0.1) is 5.60 Å². The Hall–Kier alpha value is -1.03. The van der Waals surface area contributed by atoms with Crippen molar-refractivity contribution in [2.24, 2.45) is 0 Å². The summed E-state index contributed by atoms with van der Waals surface area (Å²) < 4.78 is 36.8. The van der Waals surface area contributed by atoms with E-state index >= 15 is 0 Å². The largest absolute Gasteiger partial charge is 0.389 e. The second-order valence-corrected chi connectivity index (χ2v) is 5.58. The molecule has 0 aliphatic heterocycles. The molecule has 1 atom stereocenters. The van der Waals surface area contributed by atoms with E-state index in [0.29, 0.717) is 5.56 Å². The molecular formula is C15H19F3O. The molecule has 19 heavy (non-hydrogen) atoms. The highest BCUT2D eigenvalue weighted by atomic mass is 19.4. The van der Waals surface area contributed by atoms with E-state index in [1.807, 2.05) is 12.1 Å². The standard InChI is InChI=1S/C15H19F3O/c1-14(19,8-9-15(16,17)18)13-7-6-11-4-2-3-5-12(11)10-13/h6-7,10,19H,2-5,8-9H2,1H3. The smallest absolute Gasteiger partial charge is 0.385 e. The maximum Gasteiger partial charge on any atom is 0.389 e. The first-order valence-electron chi connectivity index (χ1n) is 6.69. The van der Waals surface area contributed by atoms with E-state index in [-0.39, 0.29) is 6.42 Å². The molecule has 0 bridgehead atoms. The fourth-order valence-corrected chi connectivity index (χ4v) is 2.60. The first-order valence-corrected chi connectivity index (χ1v) is 6.69. The first-order chi connectivity index (χ1) is 8.78. The van der Waals surface area contributed by atoms with E-state index in [4.69, 9.17) is 0 Å². The number of halogens is 3. The van der Waals surface area contributed by atoms with Gasteiger partial charge in [-0.1, -0.05) is 18.2 Å². The average Bonchev–Trinajstić information content (AvgIpc) is 2.35. The van der Waals surface area contributed by atoms with Crippen LogP contribution in [0, 0.1) is 0 Å². The number of benzene rings is 1. The van der Waals surface area contributed by atoms with Crippen molar-refractivity contribution in [1.82, 2.24) is 0 Å². The molecule has 0 fully saturated rings. The van der Waals surface area contributed by atoms with Crippen LogP contribution in [0.3, 0.4) is 0 Å². The number of aliphatic hydroxyl groups is 1. The van der Waals surface area contributed by atoms with Gasteiger partial charge in [-0.3, -0.25) is 0 Å². The molecule has 4 heteroatoms. The minimum atomic E-state index is -4.22. The van der Waals surface area contributed by atoms with Crippen molar-refractivity contribution in [2.75, 3.05) is 0 Å². The zero-order valence-corrected chi connectivity index (χ0v) is 11.1. The minimum absolute atomic E-state index is 0.296. The highest BCUT2D eigenvalue weighted by molar-refractivity contribution is 5.36. The molecule has 0 saturated heterocycles. The number of aryl methyl sites for hydroxylation is 2. The van der Waals surface area contributed by atoms with Crippen molar-refractivity contribution >= 4 is 0 Å².